The minimum Gasteiger partial charge on any atom is -0.379 e. The molecule has 1 unspecified atom stereocenters. The molecule has 1 amide bonds. The van der Waals surface area contributed by atoms with Gasteiger partial charge in [0, 0.05) is 36.6 Å². The molecule has 3 heterocycles. The van der Waals surface area contributed by atoms with Crippen molar-refractivity contribution >= 4 is 17.2 Å². The molecule has 1 aromatic heterocycles. The first-order valence-corrected chi connectivity index (χ1v) is 11.5. The van der Waals surface area contributed by atoms with E-state index in [2.05, 4.69) is 57.6 Å². The van der Waals surface area contributed by atoms with Crippen molar-refractivity contribution in [2.45, 2.75) is 19.0 Å². The van der Waals surface area contributed by atoms with E-state index in [0.717, 1.165) is 51.4 Å². The molecular formula is C25H26N2O2S. The monoisotopic (exact) mass is 418 g/mol. The molecule has 1 fully saturated rings. The first-order chi connectivity index (χ1) is 14.8. The third-order valence-corrected chi connectivity index (χ3v) is 7.02. The van der Waals surface area contributed by atoms with Gasteiger partial charge in [0.25, 0.3) is 5.91 Å². The Morgan fingerprint density at radius 2 is 1.83 bits per heavy atom. The van der Waals surface area contributed by atoms with Gasteiger partial charge < -0.3 is 9.64 Å². The van der Waals surface area contributed by atoms with E-state index in [1.165, 1.54) is 21.6 Å². The molecular weight excluding hydrogens is 392 g/mol. The number of amides is 1. The van der Waals surface area contributed by atoms with E-state index in [1.807, 2.05) is 18.2 Å². The lowest BCUT2D eigenvalue weighted by atomic mass is 9.92. The zero-order valence-corrected chi connectivity index (χ0v) is 17.8. The van der Waals surface area contributed by atoms with Crippen molar-refractivity contribution in [3.63, 3.8) is 0 Å². The SMILES string of the molecule is O=C(c1cccc(CN2CCOCC2)c1)N1CCc2sccc2C1c1ccccc1. The van der Waals surface area contributed by atoms with E-state index >= 15 is 0 Å². The molecule has 1 atom stereocenters. The third kappa shape index (κ3) is 3.93. The highest BCUT2D eigenvalue weighted by Crippen LogP contribution is 2.38. The van der Waals surface area contributed by atoms with E-state index in [9.17, 15) is 4.79 Å². The fourth-order valence-corrected chi connectivity index (χ4v) is 5.42. The van der Waals surface area contributed by atoms with E-state index in [0.29, 0.717) is 0 Å². The maximum atomic E-state index is 13.7. The minimum absolute atomic E-state index is 0.0170. The number of morpholine rings is 1. The molecule has 0 bridgehead atoms. The van der Waals surface area contributed by atoms with E-state index in [1.54, 1.807) is 11.3 Å². The summed E-state index contributed by atoms with van der Waals surface area (Å²) < 4.78 is 5.45. The standard InChI is InChI=1S/C25H26N2O2S/c28-25(21-8-4-5-19(17-21)18-26-12-14-29-15-13-26)27-11-9-23-22(10-16-30-23)24(27)20-6-2-1-3-7-20/h1-8,10,16-17,24H,9,11-15,18H2. The summed E-state index contributed by atoms with van der Waals surface area (Å²) in [5.41, 5.74) is 4.41. The van der Waals surface area contributed by atoms with Gasteiger partial charge >= 0.3 is 0 Å². The fourth-order valence-electron chi connectivity index (χ4n) is 4.52. The number of ether oxygens (including phenoxy) is 1. The van der Waals surface area contributed by atoms with Gasteiger partial charge in [0.15, 0.2) is 0 Å². The topological polar surface area (TPSA) is 32.8 Å². The maximum absolute atomic E-state index is 13.7. The van der Waals surface area contributed by atoms with E-state index in [-0.39, 0.29) is 11.9 Å². The van der Waals surface area contributed by atoms with Crippen molar-refractivity contribution in [3.05, 3.63) is 93.2 Å². The Labute approximate surface area is 181 Å². The molecule has 154 valence electrons. The number of rotatable bonds is 4. The van der Waals surface area contributed by atoms with Crippen LogP contribution in [0.1, 0.15) is 38.0 Å². The Hall–Kier alpha value is -2.47. The molecule has 2 aliphatic heterocycles. The fraction of sp³-hybridized carbons (Fsp3) is 0.320. The summed E-state index contributed by atoms with van der Waals surface area (Å²) in [6.45, 7) is 5.08. The normalized spacial score (nSPS) is 19.5. The Bertz CT molecular complexity index is 1010. The van der Waals surface area contributed by atoms with Gasteiger partial charge in [-0.1, -0.05) is 42.5 Å². The summed E-state index contributed by atoms with van der Waals surface area (Å²) in [7, 11) is 0. The number of benzene rings is 2. The molecule has 0 N–H and O–H groups in total. The van der Waals surface area contributed by atoms with Crippen molar-refractivity contribution in [2.75, 3.05) is 32.8 Å². The number of carbonyl (C=O) groups is 1. The van der Waals surface area contributed by atoms with Crippen LogP contribution in [0, 0.1) is 0 Å². The lowest BCUT2D eigenvalue weighted by Gasteiger charge is -2.36. The highest BCUT2D eigenvalue weighted by Gasteiger charge is 2.33. The van der Waals surface area contributed by atoms with Crippen molar-refractivity contribution in [1.29, 1.82) is 0 Å². The van der Waals surface area contributed by atoms with E-state index < -0.39 is 0 Å². The number of hydrogen-bond donors (Lipinski definition) is 0. The van der Waals surface area contributed by atoms with Crippen LogP contribution in [0.25, 0.3) is 0 Å². The molecule has 0 aliphatic carbocycles. The predicted molar refractivity (Wildman–Crippen MR) is 120 cm³/mol. The molecule has 0 radical (unpaired) electrons. The molecule has 5 rings (SSSR count). The average Bonchev–Trinajstić information content (AvgIpc) is 3.28. The highest BCUT2D eigenvalue weighted by atomic mass is 32.1. The largest absolute Gasteiger partial charge is 0.379 e. The maximum Gasteiger partial charge on any atom is 0.254 e. The second-order valence-corrected chi connectivity index (χ2v) is 8.95. The van der Waals surface area contributed by atoms with Crippen molar-refractivity contribution in [3.8, 4) is 0 Å². The number of thiophene rings is 1. The van der Waals surface area contributed by atoms with Crippen LogP contribution >= 0.6 is 11.3 Å². The van der Waals surface area contributed by atoms with Crippen molar-refractivity contribution in [2.24, 2.45) is 0 Å². The summed E-state index contributed by atoms with van der Waals surface area (Å²) in [4.78, 5) is 19.5. The first kappa shape index (κ1) is 19.5. The van der Waals surface area contributed by atoms with Crippen LogP contribution in [-0.4, -0.2) is 48.6 Å². The molecule has 5 heteroatoms. The Morgan fingerprint density at radius 3 is 2.67 bits per heavy atom. The lowest BCUT2D eigenvalue weighted by Crippen LogP contribution is -2.40. The molecule has 2 aliphatic rings. The van der Waals surface area contributed by atoms with Gasteiger partial charge in [0.1, 0.15) is 0 Å². The summed E-state index contributed by atoms with van der Waals surface area (Å²) in [6, 6.07) is 20.7. The lowest BCUT2D eigenvalue weighted by molar-refractivity contribution is 0.0341. The smallest absolute Gasteiger partial charge is 0.254 e. The van der Waals surface area contributed by atoms with Crippen LogP contribution in [0.4, 0.5) is 0 Å². The Balaban J connectivity index is 1.43. The van der Waals surface area contributed by atoms with Crippen LogP contribution in [0.2, 0.25) is 0 Å². The van der Waals surface area contributed by atoms with Gasteiger partial charge in [-0.05, 0) is 46.7 Å². The van der Waals surface area contributed by atoms with Gasteiger partial charge in [-0.25, -0.2) is 0 Å². The van der Waals surface area contributed by atoms with Crippen molar-refractivity contribution < 1.29 is 9.53 Å². The molecule has 1 saturated heterocycles. The van der Waals surface area contributed by atoms with Crippen LogP contribution in [0.15, 0.2) is 66.0 Å². The zero-order chi connectivity index (χ0) is 20.3. The molecule has 4 nitrogen and oxygen atoms in total. The Kier molecular flexibility index (Phi) is 5.67. The number of hydrogen-bond acceptors (Lipinski definition) is 4. The van der Waals surface area contributed by atoms with Crippen LogP contribution in [0.3, 0.4) is 0 Å². The summed E-state index contributed by atoms with van der Waals surface area (Å²) >= 11 is 1.80. The minimum atomic E-state index is -0.0170. The summed E-state index contributed by atoms with van der Waals surface area (Å²) in [5, 5.41) is 2.15. The number of nitrogens with zero attached hydrogens (tertiary/aromatic N) is 2. The zero-order valence-electron chi connectivity index (χ0n) is 17.0. The molecule has 3 aromatic rings. The van der Waals surface area contributed by atoms with Gasteiger partial charge in [-0.2, -0.15) is 0 Å². The third-order valence-electron chi connectivity index (χ3n) is 6.03. The molecule has 30 heavy (non-hydrogen) atoms. The molecule has 2 aromatic carbocycles. The Morgan fingerprint density at radius 1 is 1.00 bits per heavy atom. The van der Waals surface area contributed by atoms with Gasteiger partial charge in [0.2, 0.25) is 0 Å². The summed E-state index contributed by atoms with van der Waals surface area (Å²) in [5.74, 6) is 0.115. The highest BCUT2D eigenvalue weighted by molar-refractivity contribution is 7.10. The van der Waals surface area contributed by atoms with E-state index in [4.69, 9.17) is 4.74 Å². The summed E-state index contributed by atoms with van der Waals surface area (Å²) in [6.07, 6.45) is 0.926. The van der Waals surface area contributed by atoms with Crippen LogP contribution in [-0.2, 0) is 17.7 Å². The predicted octanol–water partition coefficient (Wildman–Crippen LogP) is 4.37. The first-order valence-electron chi connectivity index (χ1n) is 10.6. The quantitative estimate of drug-likeness (QED) is 0.631. The van der Waals surface area contributed by atoms with Crippen LogP contribution in [0.5, 0.6) is 0 Å². The van der Waals surface area contributed by atoms with Crippen molar-refractivity contribution in [1.82, 2.24) is 9.80 Å². The van der Waals surface area contributed by atoms with Gasteiger partial charge in [-0.3, -0.25) is 9.69 Å². The second-order valence-electron chi connectivity index (χ2n) is 7.95. The molecule has 0 saturated carbocycles. The average molecular weight is 419 g/mol. The van der Waals surface area contributed by atoms with Gasteiger partial charge in [0.05, 0.1) is 19.3 Å². The number of carbonyl (C=O) groups excluding carboxylic acids is 1. The second kappa shape index (κ2) is 8.72. The molecule has 0 spiro atoms. The number of fused-ring (bicyclic) bond motifs is 1. The van der Waals surface area contributed by atoms with Crippen LogP contribution < -0.4 is 0 Å². The van der Waals surface area contributed by atoms with Gasteiger partial charge in [-0.15, -0.1) is 11.3 Å².